The molecule has 2 fully saturated rings. The van der Waals surface area contributed by atoms with Crippen LogP contribution in [0.5, 0.6) is 0 Å². The van der Waals surface area contributed by atoms with Crippen molar-refractivity contribution in [3.05, 3.63) is 23.7 Å². The second kappa shape index (κ2) is 6.71. The van der Waals surface area contributed by atoms with E-state index in [4.69, 9.17) is 9.72 Å². The van der Waals surface area contributed by atoms with Gasteiger partial charge in [0, 0.05) is 31.1 Å². The van der Waals surface area contributed by atoms with E-state index < -0.39 is 5.60 Å². The second-order valence-corrected chi connectivity index (χ2v) is 9.36. The van der Waals surface area contributed by atoms with Crippen LogP contribution in [0.2, 0.25) is 0 Å². The highest BCUT2D eigenvalue weighted by Crippen LogP contribution is 2.53. The molecule has 1 aliphatic carbocycles. The predicted molar refractivity (Wildman–Crippen MR) is 111 cm³/mol. The van der Waals surface area contributed by atoms with E-state index in [0.717, 1.165) is 42.3 Å². The van der Waals surface area contributed by atoms with E-state index in [1.807, 2.05) is 58.7 Å². The largest absolute Gasteiger partial charge is 0.444 e. The van der Waals surface area contributed by atoms with Gasteiger partial charge in [0.25, 0.3) is 0 Å². The molecule has 1 aliphatic heterocycles. The van der Waals surface area contributed by atoms with Crippen molar-refractivity contribution >= 4 is 11.9 Å². The molecule has 1 saturated carbocycles. The lowest BCUT2D eigenvalue weighted by atomic mass is 10.0. The van der Waals surface area contributed by atoms with Gasteiger partial charge in [-0.3, -0.25) is 4.68 Å². The molecule has 1 atom stereocenters. The van der Waals surface area contributed by atoms with Crippen LogP contribution in [0.3, 0.4) is 0 Å². The summed E-state index contributed by atoms with van der Waals surface area (Å²) in [5.41, 5.74) is 1.48. The van der Waals surface area contributed by atoms with E-state index in [-0.39, 0.29) is 17.6 Å². The number of ether oxygens (including phenoxy) is 1. The molecule has 4 rings (SSSR count). The summed E-state index contributed by atoms with van der Waals surface area (Å²) in [6.07, 6.45) is 2.01. The topological polar surface area (TPSA) is 85.2 Å². The lowest BCUT2D eigenvalue weighted by molar-refractivity contribution is 0.0285. The summed E-state index contributed by atoms with van der Waals surface area (Å²) >= 11 is 0. The van der Waals surface area contributed by atoms with E-state index in [2.05, 4.69) is 15.4 Å². The van der Waals surface area contributed by atoms with E-state index in [1.165, 1.54) is 0 Å². The molecule has 0 radical (unpaired) electrons. The third-order valence-electron chi connectivity index (χ3n) is 5.82. The minimum absolute atomic E-state index is 0.144. The third-order valence-corrected chi connectivity index (χ3v) is 5.82. The van der Waals surface area contributed by atoms with Gasteiger partial charge in [-0.15, -0.1) is 0 Å². The summed E-state index contributed by atoms with van der Waals surface area (Å²) in [5, 5.41) is 8.02. The number of amides is 1. The Morgan fingerprint density at radius 2 is 1.97 bits per heavy atom. The van der Waals surface area contributed by atoms with Crippen LogP contribution in [-0.4, -0.2) is 55.5 Å². The van der Waals surface area contributed by atoms with Gasteiger partial charge in [-0.2, -0.15) is 5.10 Å². The van der Waals surface area contributed by atoms with Crippen LogP contribution in [0.1, 0.15) is 45.1 Å². The van der Waals surface area contributed by atoms with Gasteiger partial charge in [-0.1, -0.05) is 0 Å². The van der Waals surface area contributed by atoms with E-state index in [1.54, 1.807) is 4.68 Å². The Kier molecular flexibility index (Phi) is 4.55. The number of pyridine rings is 1. The van der Waals surface area contributed by atoms with Gasteiger partial charge in [-0.25, -0.2) is 14.8 Å². The maximum Gasteiger partial charge on any atom is 0.410 e. The van der Waals surface area contributed by atoms with E-state index in [9.17, 15) is 4.79 Å². The summed E-state index contributed by atoms with van der Waals surface area (Å²) in [4.78, 5) is 23.6. The molecule has 0 unspecified atom stereocenters. The summed E-state index contributed by atoms with van der Waals surface area (Å²) in [6, 6.07) is 4.17. The van der Waals surface area contributed by atoms with Crippen molar-refractivity contribution in [3.8, 4) is 11.4 Å². The first-order valence-corrected chi connectivity index (χ1v) is 10.2. The Balaban J connectivity index is 1.48. The molecule has 1 saturated heterocycles. The maximum absolute atomic E-state index is 12.5. The van der Waals surface area contributed by atoms with Crippen LogP contribution in [0, 0.1) is 19.3 Å². The highest BCUT2D eigenvalue weighted by atomic mass is 16.6. The van der Waals surface area contributed by atoms with Crippen molar-refractivity contribution in [3.63, 3.8) is 0 Å². The number of hydrogen-bond donors (Lipinski definition) is 1. The zero-order chi connectivity index (χ0) is 21.0. The Morgan fingerprint density at radius 1 is 1.24 bits per heavy atom. The number of nitrogens with zero attached hydrogens (tertiary/aromatic N) is 5. The number of likely N-dealkylation sites (tertiary alicyclic amines) is 1. The third kappa shape index (κ3) is 3.93. The molecule has 8 heteroatoms. The number of anilines is 1. The van der Waals surface area contributed by atoms with E-state index >= 15 is 0 Å². The smallest absolute Gasteiger partial charge is 0.410 e. The molecule has 0 aromatic carbocycles. The molecule has 2 aliphatic rings. The van der Waals surface area contributed by atoms with Crippen molar-refractivity contribution in [2.45, 2.75) is 59.1 Å². The minimum Gasteiger partial charge on any atom is -0.444 e. The first-order valence-electron chi connectivity index (χ1n) is 10.2. The Bertz CT molecular complexity index is 922. The average Bonchev–Trinajstić information content (AvgIpc) is 3.19. The number of carbonyl (C=O) groups is 1. The number of aryl methyl sites for hydroxylation is 3. The maximum atomic E-state index is 12.5. The van der Waals surface area contributed by atoms with Crippen LogP contribution >= 0.6 is 0 Å². The SMILES string of the molecule is Cc1nc(N[C@@H]2CN(C(=O)OC(C)(C)C)CC23CC3)ccc1-c1nc(C)n(C)n1. The zero-order valence-electron chi connectivity index (χ0n) is 18.1. The number of nitrogens with one attached hydrogen (secondary N) is 1. The van der Waals surface area contributed by atoms with Crippen molar-refractivity contribution in [2.75, 3.05) is 18.4 Å². The summed E-state index contributed by atoms with van der Waals surface area (Å²) in [5.74, 6) is 2.38. The summed E-state index contributed by atoms with van der Waals surface area (Å²) in [6.45, 7) is 11.0. The monoisotopic (exact) mass is 398 g/mol. The normalized spacial score (nSPS) is 20.2. The zero-order valence-corrected chi connectivity index (χ0v) is 18.1. The Morgan fingerprint density at radius 3 is 2.52 bits per heavy atom. The quantitative estimate of drug-likeness (QED) is 0.854. The highest BCUT2D eigenvalue weighted by Gasteiger charge is 2.56. The molecule has 1 N–H and O–H groups in total. The molecule has 0 bridgehead atoms. The molecule has 29 heavy (non-hydrogen) atoms. The summed E-state index contributed by atoms with van der Waals surface area (Å²) < 4.78 is 7.33. The van der Waals surface area contributed by atoms with Crippen molar-refractivity contribution in [1.82, 2.24) is 24.6 Å². The predicted octanol–water partition coefficient (Wildman–Crippen LogP) is 3.31. The molecule has 1 spiro atoms. The van der Waals surface area contributed by atoms with Gasteiger partial charge < -0.3 is 15.0 Å². The number of aromatic nitrogens is 4. The highest BCUT2D eigenvalue weighted by molar-refractivity contribution is 5.69. The Labute approximate surface area is 171 Å². The van der Waals surface area contributed by atoms with Crippen molar-refractivity contribution < 1.29 is 9.53 Å². The minimum atomic E-state index is -0.480. The fraction of sp³-hybridized carbons (Fsp3) is 0.619. The van der Waals surface area contributed by atoms with Gasteiger partial charge in [0.15, 0.2) is 5.82 Å². The lowest BCUT2D eigenvalue weighted by Crippen LogP contribution is -2.36. The fourth-order valence-corrected chi connectivity index (χ4v) is 3.93. The van der Waals surface area contributed by atoms with Crippen LogP contribution in [0.15, 0.2) is 12.1 Å². The van der Waals surface area contributed by atoms with Crippen molar-refractivity contribution in [1.29, 1.82) is 0 Å². The standard InChI is InChI=1S/C21H30N6O2/c1-13-15(18-23-14(2)26(6)25-18)7-8-17(22-13)24-16-11-27(12-21(16)9-10-21)19(28)29-20(3,4)5/h7-8,16H,9-12H2,1-6H3,(H,22,24)/t16-/m1/s1. The van der Waals surface area contributed by atoms with Gasteiger partial charge in [0.1, 0.15) is 17.2 Å². The van der Waals surface area contributed by atoms with Gasteiger partial charge in [0.2, 0.25) is 0 Å². The average molecular weight is 399 g/mol. The van der Waals surface area contributed by atoms with E-state index in [0.29, 0.717) is 12.4 Å². The second-order valence-electron chi connectivity index (χ2n) is 9.36. The molecule has 2 aromatic rings. The molecular formula is C21H30N6O2. The first-order chi connectivity index (χ1) is 13.6. The van der Waals surface area contributed by atoms with Crippen LogP contribution < -0.4 is 5.32 Å². The van der Waals surface area contributed by atoms with Crippen LogP contribution in [0.4, 0.5) is 10.6 Å². The number of carbonyl (C=O) groups excluding carboxylic acids is 1. The van der Waals surface area contributed by atoms with Gasteiger partial charge in [-0.05, 0) is 59.6 Å². The lowest BCUT2D eigenvalue weighted by Gasteiger charge is -2.24. The molecule has 1 amide bonds. The molecule has 8 nitrogen and oxygen atoms in total. The summed E-state index contributed by atoms with van der Waals surface area (Å²) in [7, 11) is 1.89. The number of hydrogen-bond acceptors (Lipinski definition) is 6. The molecule has 3 heterocycles. The number of rotatable bonds is 3. The van der Waals surface area contributed by atoms with Crippen LogP contribution in [-0.2, 0) is 11.8 Å². The first kappa shape index (κ1) is 19.7. The van der Waals surface area contributed by atoms with Gasteiger partial charge in [0.05, 0.1) is 11.7 Å². The molecule has 156 valence electrons. The van der Waals surface area contributed by atoms with Gasteiger partial charge >= 0.3 is 6.09 Å². The Hall–Kier alpha value is -2.64. The fourth-order valence-electron chi connectivity index (χ4n) is 3.93. The molecular weight excluding hydrogens is 368 g/mol. The van der Waals surface area contributed by atoms with Crippen LogP contribution in [0.25, 0.3) is 11.4 Å². The van der Waals surface area contributed by atoms with Crippen molar-refractivity contribution in [2.24, 2.45) is 12.5 Å². The molecule has 2 aromatic heterocycles.